The molecular weight excluding hydrogens is 358 g/mol. The fourth-order valence-corrected chi connectivity index (χ4v) is 4.41. The summed E-state index contributed by atoms with van der Waals surface area (Å²) in [5.41, 5.74) is 4.61. The Morgan fingerprint density at radius 3 is 2.25 bits per heavy atom. The zero-order valence-electron chi connectivity index (χ0n) is 15.9. The first-order valence-electron chi connectivity index (χ1n) is 9.61. The highest BCUT2D eigenvalue weighted by atomic mass is 16.6. The van der Waals surface area contributed by atoms with E-state index in [-0.39, 0.29) is 12.5 Å². The van der Waals surface area contributed by atoms with E-state index in [1.165, 1.54) is 0 Å². The highest BCUT2D eigenvalue weighted by molar-refractivity contribution is 5.79. The Balaban J connectivity index is 1.50. The second-order valence-corrected chi connectivity index (χ2v) is 7.49. The molecule has 0 radical (unpaired) electrons. The Bertz CT molecular complexity index is 824. The molecule has 28 heavy (non-hydrogen) atoms. The molecule has 1 saturated heterocycles. The van der Waals surface area contributed by atoms with Crippen molar-refractivity contribution in [2.45, 2.75) is 50.2 Å². The van der Waals surface area contributed by atoms with Crippen molar-refractivity contribution in [3.63, 3.8) is 0 Å². The minimum absolute atomic E-state index is 0.0504. The fourth-order valence-electron chi connectivity index (χ4n) is 4.41. The SMILES string of the molecule is CC(OC(=O)NC1C(O)[C@@H](CO)O[C@H]1C)C1c2ccccc2-c2ccccc21. The monoisotopic (exact) mass is 383 g/mol. The van der Waals surface area contributed by atoms with Gasteiger partial charge < -0.3 is 25.0 Å². The molecule has 148 valence electrons. The van der Waals surface area contributed by atoms with Crippen LogP contribution >= 0.6 is 0 Å². The predicted octanol–water partition coefficient (Wildman–Crippen LogP) is 2.42. The van der Waals surface area contributed by atoms with E-state index in [1.807, 2.05) is 31.2 Å². The van der Waals surface area contributed by atoms with Crippen LogP contribution in [-0.4, -0.2) is 53.4 Å². The minimum Gasteiger partial charge on any atom is -0.446 e. The molecule has 0 aromatic heterocycles. The van der Waals surface area contributed by atoms with Gasteiger partial charge in [0, 0.05) is 5.92 Å². The molecule has 1 aliphatic carbocycles. The van der Waals surface area contributed by atoms with Crippen LogP contribution in [0.5, 0.6) is 0 Å². The fraction of sp³-hybridized carbons (Fsp3) is 0.409. The molecule has 1 aliphatic heterocycles. The second-order valence-electron chi connectivity index (χ2n) is 7.49. The standard InChI is InChI=1S/C22H25NO5/c1-12(28-22(26)23-20-13(2)27-18(11-24)21(20)25)19-16-9-5-3-7-14(16)15-8-4-6-10-17(15)19/h3-10,12-13,18-21,24-25H,11H2,1-2H3,(H,23,26)/t12?,13-,18+,20?,21?/m0/s1. The number of nitrogens with one attached hydrogen (secondary N) is 1. The molecule has 6 nitrogen and oxygen atoms in total. The first-order chi connectivity index (χ1) is 13.5. The summed E-state index contributed by atoms with van der Waals surface area (Å²) in [7, 11) is 0. The lowest BCUT2D eigenvalue weighted by Crippen LogP contribution is -2.48. The summed E-state index contributed by atoms with van der Waals surface area (Å²) >= 11 is 0. The van der Waals surface area contributed by atoms with Gasteiger partial charge in [0.2, 0.25) is 0 Å². The summed E-state index contributed by atoms with van der Waals surface area (Å²) in [4.78, 5) is 12.5. The lowest BCUT2D eigenvalue weighted by atomic mass is 9.92. The Kier molecular flexibility index (Phi) is 5.10. The van der Waals surface area contributed by atoms with Gasteiger partial charge in [0.15, 0.2) is 0 Å². The first-order valence-corrected chi connectivity index (χ1v) is 9.61. The topological polar surface area (TPSA) is 88.0 Å². The van der Waals surface area contributed by atoms with E-state index in [0.717, 1.165) is 22.3 Å². The smallest absolute Gasteiger partial charge is 0.407 e. The molecule has 6 heteroatoms. The van der Waals surface area contributed by atoms with Crippen LogP contribution < -0.4 is 5.32 Å². The van der Waals surface area contributed by atoms with Crippen molar-refractivity contribution in [2.24, 2.45) is 0 Å². The maximum atomic E-state index is 12.5. The summed E-state index contributed by atoms with van der Waals surface area (Å²) in [5.74, 6) is -0.0504. The number of ether oxygens (including phenoxy) is 2. The molecule has 0 saturated carbocycles. The Labute approximate surface area is 164 Å². The predicted molar refractivity (Wildman–Crippen MR) is 104 cm³/mol. The summed E-state index contributed by atoms with van der Waals surface area (Å²) in [6, 6.07) is 15.7. The largest absolute Gasteiger partial charge is 0.446 e. The third kappa shape index (κ3) is 3.17. The van der Waals surface area contributed by atoms with Crippen molar-refractivity contribution in [1.29, 1.82) is 0 Å². The third-order valence-electron chi connectivity index (χ3n) is 5.75. The number of alkyl carbamates (subject to hydrolysis) is 1. The van der Waals surface area contributed by atoms with Gasteiger partial charge in [-0.2, -0.15) is 0 Å². The molecule has 5 atom stereocenters. The molecule has 4 rings (SSSR count). The summed E-state index contributed by atoms with van der Waals surface area (Å²) in [5, 5.41) is 22.2. The van der Waals surface area contributed by atoms with E-state index >= 15 is 0 Å². The average molecular weight is 383 g/mol. The van der Waals surface area contributed by atoms with Crippen LogP contribution in [0, 0.1) is 0 Å². The number of fused-ring (bicyclic) bond motifs is 3. The van der Waals surface area contributed by atoms with Gasteiger partial charge in [-0.25, -0.2) is 4.79 Å². The van der Waals surface area contributed by atoms with Crippen molar-refractivity contribution in [3.8, 4) is 11.1 Å². The van der Waals surface area contributed by atoms with Gasteiger partial charge in [-0.1, -0.05) is 48.5 Å². The highest BCUT2D eigenvalue weighted by Gasteiger charge is 2.42. The molecule has 2 aliphatic rings. The molecule has 2 aromatic carbocycles. The van der Waals surface area contributed by atoms with Gasteiger partial charge in [0.1, 0.15) is 18.3 Å². The van der Waals surface area contributed by atoms with Crippen molar-refractivity contribution in [1.82, 2.24) is 5.32 Å². The number of rotatable bonds is 4. The van der Waals surface area contributed by atoms with Crippen LogP contribution in [0.2, 0.25) is 0 Å². The lowest BCUT2D eigenvalue weighted by Gasteiger charge is -2.25. The summed E-state index contributed by atoms with van der Waals surface area (Å²) < 4.78 is 11.2. The zero-order chi connectivity index (χ0) is 19.8. The molecule has 1 amide bonds. The van der Waals surface area contributed by atoms with Crippen molar-refractivity contribution >= 4 is 6.09 Å². The van der Waals surface area contributed by atoms with Gasteiger partial charge in [0.05, 0.1) is 18.8 Å². The number of carbonyl (C=O) groups is 1. The number of amides is 1. The zero-order valence-corrected chi connectivity index (χ0v) is 15.9. The summed E-state index contributed by atoms with van der Waals surface area (Å²) in [6.07, 6.45) is -3.09. The second kappa shape index (κ2) is 7.54. The number of carbonyl (C=O) groups excluding carboxylic acids is 1. The normalized spacial score (nSPS) is 27.1. The molecule has 2 aromatic rings. The number of benzene rings is 2. The van der Waals surface area contributed by atoms with E-state index in [1.54, 1.807) is 6.92 Å². The van der Waals surface area contributed by atoms with Gasteiger partial charge in [-0.3, -0.25) is 0 Å². The van der Waals surface area contributed by atoms with E-state index in [4.69, 9.17) is 9.47 Å². The van der Waals surface area contributed by atoms with Crippen molar-refractivity contribution in [3.05, 3.63) is 59.7 Å². The van der Waals surface area contributed by atoms with E-state index < -0.39 is 36.6 Å². The van der Waals surface area contributed by atoms with Gasteiger partial charge in [-0.05, 0) is 36.1 Å². The quantitative estimate of drug-likeness (QED) is 0.755. The average Bonchev–Trinajstić information content (AvgIpc) is 3.17. The number of aliphatic hydroxyl groups is 2. The van der Waals surface area contributed by atoms with Gasteiger partial charge in [-0.15, -0.1) is 0 Å². The van der Waals surface area contributed by atoms with E-state index in [9.17, 15) is 15.0 Å². The Morgan fingerprint density at radius 1 is 1.14 bits per heavy atom. The van der Waals surface area contributed by atoms with Crippen LogP contribution in [-0.2, 0) is 9.47 Å². The highest BCUT2D eigenvalue weighted by Crippen LogP contribution is 2.46. The van der Waals surface area contributed by atoms with Gasteiger partial charge in [0.25, 0.3) is 0 Å². The summed E-state index contributed by atoms with van der Waals surface area (Å²) in [6.45, 7) is 3.33. The van der Waals surface area contributed by atoms with Crippen molar-refractivity contribution < 1.29 is 24.5 Å². The maximum absolute atomic E-state index is 12.5. The maximum Gasteiger partial charge on any atom is 0.407 e. The lowest BCUT2D eigenvalue weighted by molar-refractivity contribution is -0.0170. The molecule has 3 N–H and O–H groups in total. The molecule has 0 spiro atoms. The van der Waals surface area contributed by atoms with Crippen LogP contribution in [0.25, 0.3) is 11.1 Å². The minimum atomic E-state index is -0.976. The molecular formula is C22H25NO5. The van der Waals surface area contributed by atoms with Crippen molar-refractivity contribution in [2.75, 3.05) is 6.61 Å². The van der Waals surface area contributed by atoms with E-state index in [0.29, 0.717) is 0 Å². The third-order valence-corrected chi connectivity index (χ3v) is 5.75. The van der Waals surface area contributed by atoms with Gasteiger partial charge >= 0.3 is 6.09 Å². The van der Waals surface area contributed by atoms with Crippen LogP contribution in [0.15, 0.2) is 48.5 Å². The number of hydrogen-bond acceptors (Lipinski definition) is 5. The van der Waals surface area contributed by atoms with E-state index in [2.05, 4.69) is 29.6 Å². The Hall–Kier alpha value is -2.41. The molecule has 1 heterocycles. The number of hydrogen-bond donors (Lipinski definition) is 3. The van der Waals surface area contributed by atoms with Crippen LogP contribution in [0.4, 0.5) is 4.79 Å². The first kappa shape index (κ1) is 18.9. The molecule has 1 fully saturated rings. The van der Waals surface area contributed by atoms with Crippen LogP contribution in [0.1, 0.15) is 30.9 Å². The molecule has 3 unspecified atom stereocenters. The Morgan fingerprint density at radius 2 is 1.71 bits per heavy atom. The van der Waals surface area contributed by atoms with Crippen LogP contribution in [0.3, 0.4) is 0 Å². The number of aliphatic hydroxyl groups excluding tert-OH is 2. The molecule has 0 bridgehead atoms.